The highest BCUT2D eigenvalue weighted by Gasteiger charge is 2.18. The summed E-state index contributed by atoms with van der Waals surface area (Å²) in [4.78, 5) is 37.1. The highest BCUT2D eigenvalue weighted by molar-refractivity contribution is 6.04. The zero-order valence-corrected chi connectivity index (χ0v) is 15.5. The molecule has 7 nitrogen and oxygen atoms in total. The molecule has 0 aliphatic rings. The van der Waals surface area contributed by atoms with Crippen LogP contribution in [-0.2, 0) is 14.3 Å². The van der Waals surface area contributed by atoms with E-state index in [0.717, 1.165) is 0 Å². The lowest BCUT2D eigenvalue weighted by atomic mass is 10.1. The van der Waals surface area contributed by atoms with E-state index in [0.29, 0.717) is 22.2 Å². The van der Waals surface area contributed by atoms with Crippen LogP contribution >= 0.6 is 0 Å². The molecule has 0 unspecified atom stereocenters. The van der Waals surface area contributed by atoms with Gasteiger partial charge in [-0.2, -0.15) is 0 Å². The Balaban J connectivity index is 2.09. The Kier molecular flexibility index (Phi) is 5.74. The number of methoxy groups -OCH3 is 1. The average molecular weight is 381 g/mol. The summed E-state index contributed by atoms with van der Waals surface area (Å²) in [6.45, 7) is 1.36. The van der Waals surface area contributed by atoms with Gasteiger partial charge in [0, 0.05) is 23.0 Å². The molecule has 28 heavy (non-hydrogen) atoms. The molecular formula is C21H19NO6. The van der Waals surface area contributed by atoms with E-state index in [-0.39, 0.29) is 17.7 Å². The van der Waals surface area contributed by atoms with E-state index in [1.165, 1.54) is 17.9 Å². The number of fused-ring (bicyclic) bond motifs is 1. The fraction of sp³-hybridized carbons (Fsp3) is 0.190. The summed E-state index contributed by atoms with van der Waals surface area (Å²) < 4.78 is 16.4. The maximum atomic E-state index is 13.0. The Hall–Kier alpha value is -3.61. The van der Waals surface area contributed by atoms with Crippen LogP contribution in [-0.4, -0.2) is 36.8 Å². The minimum atomic E-state index is -0.721. The molecule has 0 spiro atoms. The molecule has 0 atom stereocenters. The van der Waals surface area contributed by atoms with Gasteiger partial charge < -0.3 is 14.2 Å². The first-order valence-corrected chi connectivity index (χ1v) is 8.66. The predicted octanol–water partition coefficient (Wildman–Crippen LogP) is 2.72. The topological polar surface area (TPSA) is 83.8 Å². The van der Waals surface area contributed by atoms with E-state index in [9.17, 15) is 14.4 Å². The van der Waals surface area contributed by atoms with Crippen molar-refractivity contribution in [3.8, 4) is 11.4 Å². The lowest BCUT2D eigenvalue weighted by Crippen LogP contribution is -2.22. The van der Waals surface area contributed by atoms with E-state index >= 15 is 0 Å². The molecule has 7 heteroatoms. The van der Waals surface area contributed by atoms with E-state index in [1.807, 2.05) is 0 Å². The van der Waals surface area contributed by atoms with Crippen LogP contribution in [0.5, 0.6) is 5.75 Å². The quantitative estimate of drug-likeness (QED) is 0.611. The van der Waals surface area contributed by atoms with Crippen molar-refractivity contribution in [2.75, 3.05) is 20.3 Å². The summed E-state index contributed by atoms with van der Waals surface area (Å²) in [6.07, 6.45) is 1.41. The van der Waals surface area contributed by atoms with Crippen molar-refractivity contribution < 1.29 is 23.8 Å². The number of esters is 2. The number of ether oxygens (including phenoxy) is 3. The molecule has 0 bridgehead atoms. The Labute approximate surface area is 161 Å². The van der Waals surface area contributed by atoms with Crippen molar-refractivity contribution >= 4 is 22.7 Å². The van der Waals surface area contributed by atoms with Crippen LogP contribution in [0.1, 0.15) is 17.3 Å². The lowest BCUT2D eigenvalue weighted by molar-refractivity contribution is -0.146. The van der Waals surface area contributed by atoms with Gasteiger partial charge >= 0.3 is 11.9 Å². The normalized spacial score (nSPS) is 10.5. The SMILES string of the molecule is CCOC(=O)COC(=O)c1cn(-c2cccc(OC)c2)c(=O)c2ccccc12. The van der Waals surface area contributed by atoms with Gasteiger partial charge in [0.05, 0.1) is 25.0 Å². The van der Waals surface area contributed by atoms with Gasteiger partial charge in [-0.1, -0.05) is 24.3 Å². The van der Waals surface area contributed by atoms with Crippen molar-refractivity contribution in [1.29, 1.82) is 0 Å². The third-order valence-corrected chi connectivity index (χ3v) is 4.10. The van der Waals surface area contributed by atoms with Crippen molar-refractivity contribution in [2.45, 2.75) is 6.92 Å². The van der Waals surface area contributed by atoms with Crippen molar-refractivity contribution in [3.63, 3.8) is 0 Å². The van der Waals surface area contributed by atoms with Gasteiger partial charge in [-0.3, -0.25) is 9.36 Å². The fourth-order valence-electron chi connectivity index (χ4n) is 2.81. The molecule has 0 radical (unpaired) electrons. The fourth-order valence-corrected chi connectivity index (χ4v) is 2.81. The summed E-state index contributed by atoms with van der Waals surface area (Å²) in [5, 5.41) is 0.802. The van der Waals surface area contributed by atoms with E-state index < -0.39 is 18.5 Å². The highest BCUT2D eigenvalue weighted by atomic mass is 16.6. The molecule has 0 saturated heterocycles. The summed E-state index contributed by atoms with van der Waals surface area (Å²) in [6, 6.07) is 13.6. The Bertz CT molecular complexity index is 1090. The predicted molar refractivity (Wildman–Crippen MR) is 103 cm³/mol. The molecule has 0 aliphatic heterocycles. The first-order chi connectivity index (χ1) is 13.5. The molecule has 0 aliphatic carbocycles. The Morgan fingerprint density at radius 3 is 2.46 bits per heavy atom. The molecule has 1 heterocycles. The smallest absolute Gasteiger partial charge is 0.344 e. The van der Waals surface area contributed by atoms with Crippen LogP contribution in [0, 0.1) is 0 Å². The van der Waals surface area contributed by atoms with Crippen LogP contribution in [0.2, 0.25) is 0 Å². The van der Waals surface area contributed by atoms with Crippen LogP contribution in [0.4, 0.5) is 0 Å². The number of aromatic nitrogens is 1. The van der Waals surface area contributed by atoms with Gasteiger partial charge in [0.25, 0.3) is 5.56 Å². The minimum absolute atomic E-state index is 0.169. The van der Waals surface area contributed by atoms with E-state index in [2.05, 4.69) is 0 Å². The molecule has 0 amide bonds. The molecule has 0 fully saturated rings. The zero-order valence-electron chi connectivity index (χ0n) is 15.5. The van der Waals surface area contributed by atoms with Crippen molar-refractivity contribution in [1.82, 2.24) is 4.57 Å². The van der Waals surface area contributed by atoms with Gasteiger partial charge in [0.2, 0.25) is 0 Å². The number of carbonyl (C=O) groups is 2. The van der Waals surface area contributed by atoms with Crippen LogP contribution < -0.4 is 10.3 Å². The van der Waals surface area contributed by atoms with Crippen molar-refractivity contribution in [3.05, 3.63) is 70.6 Å². The number of nitrogens with zero attached hydrogens (tertiary/aromatic N) is 1. The van der Waals surface area contributed by atoms with Gasteiger partial charge in [0.15, 0.2) is 6.61 Å². The Morgan fingerprint density at radius 1 is 1.00 bits per heavy atom. The third kappa shape index (κ3) is 3.88. The van der Waals surface area contributed by atoms with E-state index in [4.69, 9.17) is 14.2 Å². The third-order valence-electron chi connectivity index (χ3n) is 4.10. The average Bonchev–Trinajstić information content (AvgIpc) is 2.72. The number of hydrogen-bond donors (Lipinski definition) is 0. The van der Waals surface area contributed by atoms with Crippen molar-refractivity contribution in [2.24, 2.45) is 0 Å². The zero-order chi connectivity index (χ0) is 20.1. The number of carbonyl (C=O) groups excluding carboxylic acids is 2. The second-order valence-electron chi connectivity index (χ2n) is 5.85. The number of rotatable bonds is 6. The molecule has 0 N–H and O–H groups in total. The largest absolute Gasteiger partial charge is 0.497 e. The van der Waals surface area contributed by atoms with Crippen LogP contribution in [0.25, 0.3) is 16.5 Å². The second-order valence-corrected chi connectivity index (χ2v) is 5.85. The van der Waals surface area contributed by atoms with Gasteiger partial charge in [-0.15, -0.1) is 0 Å². The summed E-state index contributed by atoms with van der Waals surface area (Å²) in [5.41, 5.74) is 0.419. The maximum Gasteiger partial charge on any atom is 0.344 e. The number of benzene rings is 2. The summed E-state index contributed by atoms with van der Waals surface area (Å²) in [7, 11) is 1.53. The monoisotopic (exact) mass is 381 g/mol. The number of hydrogen-bond acceptors (Lipinski definition) is 6. The lowest BCUT2D eigenvalue weighted by Gasteiger charge is -2.13. The molecule has 3 rings (SSSR count). The summed E-state index contributed by atoms with van der Waals surface area (Å²) >= 11 is 0. The van der Waals surface area contributed by atoms with Gasteiger partial charge in [-0.25, -0.2) is 9.59 Å². The standard InChI is InChI=1S/C21H19NO6/c1-3-27-19(23)13-28-21(25)18-12-22(14-7-6-8-15(11-14)26-2)20(24)17-10-5-4-9-16(17)18/h4-12H,3,13H2,1-2H3. The summed E-state index contributed by atoms with van der Waals surface area (Å²) in [5.74, 6) is -0.786. The van der Waals surface area contributed by atoms with Gasteiger partial charge in [0.1, 0.15) is 5.75 Å². The molecule has 2 aromatic carbocycles. The number of pyridine rings is 1. The van der Waals surface area contributed by atoms with Gasteiger partial charge in [-0.05, 0) is 25.1 Å². The maximum absolute atomic E-state index is 13.0. The highest BCUT2D eigenvalue weighted by Crippen LogP contribution is 2.20. The van der Waals surface area contributed by atoms with E-state index in [1.54, 1.807) is 55.5 Å². The molecule has 144 valence electrons. The molecular weight excluding hydrogens is 362 g/mol. The first kappa shape index (κ1) is 19.2. The van der Waals surface area contributed by atoms with Crippen LogP contribution in [0.3, 0.4) is 0 Å². The van der Waals surface area contributed by atoms with Crippen LogP contribution in [0.15, 0.2) is 59.5 Å². The minimum Gasteiger partial charge on any atom is -0.497 e. The molecule has 1 aromatic heterocycles. The molecule has 0 saturated carbocycles. The Morgan fingerprint density at radius 2 is 1.75 bits per heavy atom. The second kappa shape index (κ2) is 8.39. The molecule has 3 aromatic rings. The first-order valence-electron chi connectivity index (χ1n) is 8.66.